The summed E-state index contributed by atoms with van der Waals surface area (Å²) in [6.45, 7) is 9.07. The highest BCUT2D eigenvalue weighted by atomic mass is 32.2. The van der Waals surface area contributed by atoms with Gasteiger partial charge in [-0.1, -0.05) is 42.5 Å². The summed E-state index contributed by atoms with van der Waals surface area (Å²) < 4.78 is 29.2. The molecule has 0 saturated heterocycles. The van der Waals surface area contributed by atoms with Gasteiger partial charge in [0.05, 0.1) is 24.2 Å². The number of fused-ring (bicyclic) bond motifs is 1. The number of nitrogens with zero attached hydrogens (tertiary/aromatic N) is 1. The summed E-state index contributed by atoms with van der Waals surface area (Å²) in [6.07, 6.45) is 2.19. The van der Waals surface area contributed by atoms with Crippen molar-refractivity contribution in [1.82, 2.24) is 15.4 Å². The molecule has 12 heteroatoms. The van der Waals surface area contributed by atoms with E-state index >= 15 is 0 Å². The number of amides is 2. The van der Waals surface area contributed by atoms with Gasteiger partial charge in [-0.2, -0.15) is 0 Å². The summed E-state index contributed by atoms with van der Waals surface area (Å²) in [7, 11) is -3.78. The third-order valence-corrected chi connectivity index (χ3v) is 10.6. The van der Waals surface area contributed by atoms with Crippen LogP contribution in [0.2, 0.25) is 0 Å². The highest BCUT2D eigenvalue weighted by Gasteiger charge is 2.33. The Morgan fingerprint density at radius 2 is 1.73 bits per heavy atom. The van der Waals surface area contributed by atoms with E-state index in [9.17, 15) is 23.1 Å². The molecular formula is C36H48N4O6S2. The second-order valence-electron chi connectivity index (χ2n) is 13.9. The number of hydrogen-bond acceptors (Lipinski definition) is 8. The molecule has 3 aromatic carbocycles. The van der Waals surface area contributed by atoms with Crippen LogP contribution in [0.15, 0.2) is 76.5 Å². The van der Waals surface area contributed by atoms with Crippen molar-refractivity contribution in [2.45, 2.75) is 93.4 Å². The largest absolute Gasteiger partial charge is 0.394 e. The number of β-amino-alcohol motifs (C(OH)–C–C–N with tert-alkyl or cyclic N) is 1. The number of thioether (sulfide) groups is 1. The average molecular weight is 697 g/mol. The lowest BCUT2D eigenvalue weighted by molar-refractivity contribution is -0.128. The molecule has 1 aliphatic heterocycles. The quantitative estimate of drug-likeness (QED) is 0.167. The molecule has 4 rings (SSSR count). The number of hydrogen-bond donors (Lipinski definition) is 5. The van der Waals surface area contributed by atoms with E-state index in [0.29, 0.717) is 18.4 Å². The van der Waals surface area contributed by atoms with Crippen molar-refractivity contribution in [1.29, 1.82) is 0 Å². The average Bonchev–Trinajstić information content (AvgIpc) is 3.14. The number of aryl methyl sites for hydroxylation is 1. The molecule has 3 aromatic rings. The van der Waals surface area contributed by atoms with Crippen LogP contribution in [0.4, 0.5) is 5.69 Å². The molecule has 0 unspecified atom stereocenters. The number of aliphatic hydroxyl groups is 2. The Hall–Kier alpha value is -3.26. The van der Waals surface area contributed by atoms with E-state index in [4.69, 9.17) is 5.11 Å². The second-order valence-corrected chi connectivity index (χ2v) is 16.4. The zero-order valence-corrected chi connectivity index (χ0v) is 30.2. The highest BCUT2D eigenvalue weighted by Crippen LogP contribution is 2.33. The Bertz CT molecular complexity index is 1700. The van der Waals surface area contributed by atoms with Gasteiger partial charge in [-0.25, -0.2) is 13.1 Å². The van der Waals surface area contributed by atoms with E-state index in [-0.39, 0.29) is 42.8 Å². The van der Waals surface area contributed by atoms with E-state index in [1.54, 1.807) is 61.7 Å². The van der Waals surface area contributed by atoms with Gasteiger partial charge >= 0.3 is 0 Å². The Kier molecular flexibility index (Phi) is 12.1. The molecular weight excluding hydrogens is 649 g/mol. The summed E-state index contributed by atoms with van der Waals surface area (Å²) in [6, 6.07) is 19.7. The molecule has 0 radical (unpaired) electrons. The zero-order valence-electron chi connectivity index (χ0n) is 28.5. The maximum atomic E-state index is 14.1. The van der Waals surface area contributed by atoms with Crippen LogP contribution in [0, 0.1) is 0 Å². The van der Waals surface area contributed by atoms with Gasteiger partial charge in [-0.3, -0.25) is 9.59 Å². The van der Waals surface area contributed by atoms with Gasteiger partial charge in [0.2, 0.25) is 21.8 Å². The molecule has 2 amide bonds. The summed E-state index contributed by atoms with van der Waals surface area (Å²) in [5, 5.41) is 24.9. The molecule has 0 aliphatic carbocycles. The SMILES string of the molecule is CSc1ccc2c(c1)CC[C@@H](NC(=O)CC(C)(C)NC[C@H](O)CO)C(=O)N2Cc1ccc(-c2ccccc2S(=O)(=O)NC(C)(C)C)cc1. The summed E-state index contributed by atoms with van der Waals surface area (Å²) in [4.78, 5) is 30.3. The van der Waals surface area contributed by atoms with Crippen LogP contribution in [-0.2, 0) is 32.6 Å². The monoisotopic (exact) mass is 696 g/mol. The Morgan fingerprint density at radius 1 is 1.04 bits per heavy atom. The Morgan fingerprint density at radius 3 is 2.38 bits per heavy atom. The molecule has 1 aliphatic rings. The molecule has 10 nitrogen and oxygen atoms in total. The van der Waals surface area contributed by atoms with Crippen LogP contribution in [-0.4, -0.2) is 73.1 Å². The fraction of sp³-hybridized carbons (Fsp3) is 0.444. The maximum absolute atomic E-state index is 14.1. The minimum atomic E-state index is -3.78. The third-order valence-electron chi connectivity index (χ3n) is 8.03. The molecule has 48 heavy (non-hydrogen) atoms. The van der Waals surface area contributed by atoms with E-state index in [1.807, 2.05) is 56.5 Å². The molecule has 0 saturated carbocycles. The van der Waals surface area contributed by atoms with Crippen LogP contribution in [0.1, 0.15) is 58.6 Å². The van der Waals surface area contributed by atoms with E-state index in [2.05, 4.69) is 21.4 Å². The van der Waals surface area contributed by atoms with E-state index in [0.717, 1.165) is 27.3 Å². The number of aliphatic hydroxyl groups excluding tert-OH is 2. The minimum Gasteiger partial charge on any atom is -0.394 e. The molecule has 0 spiro atoms. The van der Waals surface area contributed by atoms with Gasteiger partial charge in [0.25, 0.3) is 0 Å². The van der Waals surface area contributed by atoms with Gasteiger partial charge in [-0.15, -0.1) is 11.8 Å². The maximum Gasteiger partial charge on any atom is 0.249 e. The topological polar surface area (TPSA) is 148 Å². The van der Waals surface area contributed by atoms with Crippen molar-refractivity contribution < 1.29 is 28.2 Å². The van der Waals surface area contributed by atoms with Crippen molar-refractivity contribution in [3.05, 3.63) is 77.9 Å². The predicted octanol–water partition coefficient (Wildman–Crippen LogP) is 4.23. The van der Waals surface area contributed by atoms with Crippen LogP contribution < -0.4 is 20.3 Å². The first kappa shape index (κ1) is 37.6. The number of carbonyl (C=O) groups excluding carboxylic acids is 2. The molecule has 2 atom stereocenters. The van der Waals surface area contributed by atoms with E-state index in [1.165, 1.54) is 0 Å². The number of benzene rings is 3. The van der Waals surface area contributed by atoms with Crippen molar-refractivity contribution in [3.63, 3.8) is 0 Å². The van der Waals surface area contributed by atoms with Crippen LogP contribution in [0.5, 0.6) is 0 Å². The van der Waals surface area contributed by atoms with Crippen LogP contribution >= 0.6 is 11.8 Å². The van der Waals surface area contributed by atoms with Gasteiger partial charge in [0.15, 0.2) is 0 Å². The summed E-state index contributed by atoms with van der Waals surface area (Å²) >= 11 is 1.62. The van der Waals surface area contributed by atoms with Gasteiger partial charge in [0.1, 0.15) is 6.04 Å². The molecule has 5 N–H and O–H groups in total. The highest BCUT2D eigenvalue weighted by molar-refractivity contribution is 7.98. The third kappa shape index (κ3) is 9.90. The minimum absolute atomic E-state index is 0.0719. The first-order valence-corrected chi connectivity index (χ1v) is 18.8. The van der Waals surface area contributed by atoms with Crippen LogP contribution in [0.25, 0.3) is 11.1 Å². The lowest BCUT2D eigenvalue weighted by Gasteiger charge is -2.29. The molecule has 0 bridgehead atoms. The van der Waals surface area contributed by atoms with Crippen molar-refractivity contribution in [3.8, 4) is 11.1 Å². The summed E-state index contributed by atoms with van der Waals surface area (Å²) in [5.41, 5.74) is 2.65. The number of carbonyl (C=O) groups is 2. The first-order chi connectivity index (χ1) is 22.5. The number of rotatable bonds is 13. The molecule has 0 aromatic heterocycles. The standard InChI is InChI=1S/C36H48N4O6S2/c1-35(2,3)39-48(45,46)32-10-8-7-9-29(32)25-13-11-24(12-14-25)22-40-31-18-16-28(47-6)19-26(31)15-17-30(34(40)44)38-33(43)20-36(4,5)37-21-27(42)23-41/h7-14,16,18-19,27,30,37,39,41-42H,15,17,20-23H2,1-6H3,(H,38,43)/t27-,30+/m0/s1. The lowest BCUT2D eigenvalue weighted by Crippen LogP contribution is -2.51. The Balaban J connectivity index is 1.58. The molecule has 1 heterocycles. The van der Waals surface area contributed by atoms with Crippen molar-refractivity contribution in [2.24, 2.45) is 0 Å². The molecule has 260 valence electrons. The number of anilines is 1. The number of sulfonamides is 1. The van der Waals surface area contributed by atoms with Crippen molar-refractivity contribution >= 4 is 39.3 Å². The fourth-order valence-corrected chi connectivity index (χ4v) is 7.83. The van der Waals surface area contributed by atoms with Gasteiger partial charge in [-0.05, 0) is 94.7 Å². The van der Waals surface area contributed by atoms with Crippen molar-refractivity contribution in [2.75, 3.05) is 24.3 Å². The molecule has 0 fully saturated rings. The summed E-state index contributed by atoms with van der Waals surface area (Å²) in [5.74, 6) is -0.506. The fourth-order valence-electron chi connectivity index (χ4n) is 5.72. The number of nitrogens with one attached hydrogen (secondary N) is 3. The zero-order chi connectivity index (χ0) is 35.3. The normalized spacial score (nSPS) is 16.3. The van der Waals surface area contributed by atoms with Crippen LogP contribution in [0.3, 0.4) is 0 Å². The van der Waals surface area contributed by atoms with Gasteiger partial charge in [0, 0.05) is 40.2 Å². The lowest BCUT2D eigenvalue weighted by atomic mass is 9.99. The first-order valence-electron chi connectivity index (χ1n) is 16.1. The second kappa shape index (κ2) is 15.5. The Labute approximate surface area is 288 Å². The smallest absolute Gasteiger partial charge is 0.249 e. The van der Waals surface area contributed by atoms with Gasteiger partial charge < -0.3 is 25.7 Å². The predicted molar refractivity (Wildman–Crippen MR) is 191 cm³/mol. The van der Waals surface area contributed by atoms with E-state index < -0.39 is 33.2 Å².